The van der Waals surface area contributed by atoms with Crippen LogP contribution in [0.3, 0.4) is 0 Å². The van der Waals surface area contributed by atoms with Crippen molar-refractivity contribution in [2.24, 2.45) is 0 Å². The molecule has 0 radical (unpaired) electrons. The number of piperidine rings is 2. The van der Waals surface area contributed by atoms with Crippen LogP contribution in [-0.2, 0) is 4.74 Å². The molecule has 2 aromatic rings. The Morgan fingerprint density at radius 3 is 2.24 bits per heavy atom. The van der Waals surface area contributed by atoms with E-state index in [1.807, 2.05) is 24.3 Å². The molecule has 2 bridgehead atoms. The van der Waals surface area contributed by atoms with Crippen molar-refractivity contribution in [1.29, 1.82) is 5.26 Å². The number of hydrogen-bond donors (Lipinski definition) is 2. The first-order chi connectivity index (χ1) is 14.2. The van der Waals surface area contributed by atoms with Crippen LogP contribution in [0.2, 0.25) is 0 Å². The summed E-state index contributed by atoms with van der Waals surface area (Å²) < 4.78 is 5.67. The van der Waals surface area contributed by atoms with Crippen molar-refractivity contribution in [3.63, 3.8) is 0 Å². The standard InChI is InChI=1S/C24H25N3O2/c25-15-24(12-16-6-5-7-17(13-24)26-16)27-23(28)29-14-22-20-10-3-1-8-18(20)19-9-2-4-11-21(19)22/h1-4,8-11,16-17,22,26H,5-7,12-14H2,(H,27,28). The zero-order valence-electron chi connectivity index (χ0n) is 16.4. The van der Waals surface area contributed by atoms with E-state index in [-0.39, 0.29) is 12.5 Å². The highest BCUT2D eigenvalue weighted by atomic mass is 16.5. The van der Waals surface area contributed by atoms with Gasteiger partial charge in [0.1, 0.15) is 12.1 Å². The Morgan fingerprint density at radius 2 is 1.66 bits per heavy atom. The zero-order chi connectivity index (χ0) is 19.8. The van der Waals surface area contributed by atoms with Crippen molar-refractivity contribution >= 4 is 6.09 Å². The second-order valence-electron chi connectivity index (χ2n) is 8.54. The van der Waals surface area contributed by atoms with E-state index < -0.39 is 11.6 Å². The van der Waals surface area contributed by atoms with Crippen molar-refractivity contribution in [1.82, 2.24) is 10.6 Å². The normalized spacial score (nSPS) is 27.4. The Balaban J connectivity index is 1.29. The summed E-state index contributed by atoms with van der Waals surface area (Å²) in [7, 11) is 0. The molecule has 2 atom stereocenters. The predicted molar refractivity (Wildman–Crippen MR) is 110 cm³/mol. The molecular formula is C24H25N3O2. The van der Waals surface area contributed by atoms with E-state index in [9.17, 15) is 10.1 Å². The van der Waals surface area contributed by atoms with E-state index in [1.165, 1.54) is 28.7 Å². The van der Waals surface area contributed by atoms with Gasteiger partial charge < -0.3 is 15.4 Å². The van der Waals surface area contributed by atoms with E-state index >= 15 is 0 Å². The Hall–Kier alpha value is -2.84. The van der Waals surface area contributed by atoms with Crippen LogP contribution in [0.1, 0.15) is 49.1 Å². The Kier molecular flexibility index (Phi) is 4.52. The molecule has 0 spiro atoms. The Bertz CT molecular complexity index is 923. The SMILES string of the molecule is N#CC1(NC(=O)OCC2c3ccccc3-c3ccccc32)CC2CCCC(C1)N2. The number of nitrogens with zero attached hydrogens (tertiary/aromatic N) is 1. The molecule has 5 rings (SSSR count). The lowest BCUT2D eigenvalue weighted by Crippen LogP contribution is -2.61. The number of amides is 1. The number of carbonyl (C=O) groups is 1. The van der Waals surface area contributed by atoms with Gasteiger partial charge in [-0.1, -0.05) is 55.0 Å². The summed E-state index contributed by atoms with van der Waals surface area (Å²) in [4.78, 5) is 12.7. The van der Waals surface area contributed by atoms with Gasteiger partial charge in [0.25, 0.3) is 0 Å². The number of nitriles is 1. The van der Waals surface area contributed by atoms with Gasteiger partial charge in [0.2, 0.25) is 0 Å². The molecule has 1 aliphatic carbocycles. The highest BCUT2D eigenvalue weighted by molar-refractivity contribution is 5.79. The number of hydrogen-bond acceptors (Lipinski definition) is 4. The van der Waals surface area contributed by atoms with Crippen LogP contribution in [0.25, 0.3) is 11.1 Å². The fourth-order valence-corrected chi connectivity index (χ4v) is 5.41. The minimum atomic E-state index is -0.830. The molecule has 2 saturated heterocycles. The van der Waals surface area contributed by atoms with Gasteiger partial charge in [-0.2, -0.15) is 5.26 Å². The molecule has 5 nitrogen and oxygen atoms in total. The second kappa shape index (κ2) is 7.20. The van der Waals surface area contributed by atoms with Crippen molar-refractivity contribution in [3.05, 3.63) is 59.7 Å². The maximum Gasteiger partial charge on any atom is 0.408 e. The van der Waals surface area contributed by atoms with Crippen LogP contribution < -0.4 is 10.6 Å². The maximum atomic E-state index is 12.7. The largest absolute Gasteiger partial charge is 0.449 e. The summed E-state index contributed by atoms with van der Waals surface area (Å²) in [6, 6.07) is 19.6. The molecule has 0 aromatic heterocycles. The number of alkyl carbamates (subject to hydrolysis) is 1. The smallest absolute Gasteiger partial charge is 0.408 e. The van der Waals surface area contributed by atoms with Crippen LogP contribution in [0, 0.1) is 11.3 Å². The number of ether oxygens (including phenoxy) is 1. The average Bonchev–Trinajstić information content (AvgIpc) is 3.06. The van der Waals surface area contributed by atoms with E-state index in [1.54, 1.807) is 0 Å². The van der Waals surface area contributed by atoms with Crippen LogP contribution in [-0.4, -0.2) is 30.3 Å². The molecule has 2 aromatic carbocycles. The summed E-state index contributed by atoms with van der Waals surface area (Å²) in [5.41, 5.74) is 3.96. The van der Waals surface area contributed by atoms with E-state index in [4.69, 9.17) is 4.74 Å². The third-order valence-corrected chi connectivity index (χ3v) is 6.67. The topological polar surface area (TPSA) is 74.2 Å². The van der Waals surface area contributed by atoms with Crippen LogP contribution in [0.15, 0.2) is 48.5 Å². The maximum absolute atomic E-state index is 12.7. The molecular weight excluding hydrogens is 362 g/mol. The monoisotopic (exact) mass is 387 g/mol. The molecule has 148 valence electrons. The molecule has 3 aliphatic rings. The zero-order valence-corrected chi connectivity index (χ0v) is 16.4. The first kappa shape index (κ1) is 18.2. The molecule has 1 amide bonds. The third kappa shape index (κ3) is 3.28. The van der Waals surface area contributed by atoms with Crippen LogP contribution >= 0.6 is 0 Å². The number of fused-ring (bicyclic) bond motifs is 5. The summed E-state index contributed by atoms with van der Waals surface area (Å²) in [5.74, 6) is 0.0265. The van der Waals surface area contributed by atoms with E-state index in [0.29, 0.717) is 24.9 Å². The minimum absolute atomic E-state index is 0.0265. The van der Waals surface area contributed by atoms with Crippen molar-refractivity contribution in [2.45, 2.75) is 55.6 Å². The predicted octanol–water partition coefficient (Wildman–Crippen LogP) is 4.09. The van der Waals surface area contributed by atoms with Gasteiger partial charge in [0, 0.05) is 18.0 Å². The molecule has 2 aliphatic heterocycles. The average molecular weight is 387 g/mol. The Morgan fingerprint density at radius 1 is 1.07 bits per heavy atom. The van der Waals surface area contributed by atoms with Crippen molar-refractivity contribution in [3.8, 4) is 17.2 Å². The number of nitrogens with one attached hydrogen (secondary N) is 2. The number of carbonyl (C=O) groups excluding carboxylic acids is 1. The van der Waals surface area contributed by atoms with Gasteiger partial charge >= 0.3 is 6.09 Å². The molecule has 29 heavy (non-hydrogen) atoms. The van der Waals surface area contributed by atoms with Gasteiger partial charge in [-0.15, -0.1) is 0 Å². The summed E-state index contributed by atoms with van der Waals surface area (Å²) in [6.07, 6.45) is 4.11. The molecule has 2 heterocycles. The lowest BCUT2D eigenvalue weighted by atomic mass is 9.76. The van der Waals surface area contributed by atoms with Gasteiger partial charge in [-0.3, -0.25) is 0 Å². The quantitative estimate of drug-likeness (QED) is 0.832. The summed E-state index contributed by atoms with van der Waals surface area (Å²) in [6.45, 7) is 0.270. The van der Waals surface area contributed by atoms with Gasteiger partial charge in [0.05, 0.1) is 6.07 Å². The second-order valence-corrected chi connectivity index (χ2v) is 8.54. The third-order valence-electron chi connectivity index (χ3n) is 6.67. The Labute approximate surface area is 171 Å². The summed E-state index contributed by atoms with van der Waals surface area (Å²) in [5, 5.41) is 16.3. The highest BCUT2D eigenvalue weighted by Gasteiger charge is 2.44. The van der Waals surface area contributed by atoms with Crippen molar-refractivity contribution in [2.75, 3.05) is 6.61 Å². The number of benzene rings is 2. The molecule has 2 N–H and O–H groups in total. The molecule has 2 unspecified atom stereocenters. The van der Waals surface area contributed by atoms with Gasteiger partial charge in [-0.25, -0.2) is 4.79 Å². The fraction of sp³-hybridized carbons (Fsp3) is 0.417. The minimum Gasteiger partial charge on any atom is -0.449 e. The first-order valence-electron chi connectivity index (χ1n) is 10.5. The molecule has 0 saturated carbocycles. The first-order valence-corrected chi connectivity index (χ1v) is 10.5. The van der Waals surface area contributed by atoms with Gasteiger partial charge in [-0.05, 0) is 47.9 Å². The highest BCUT2D eigenvalue weighted by Crippen LogP contribution is 2.44. The van der Waals surface area contributed by atoms with E-state index in [0.717, 1.165) is 12.8 Å². The molecule has 2 fully saturated rings. The van der Waals surface area contributed by atoms with E-state index in [2.05, 4.69) is 41.0 Å². The molecule has 5 heteroatoms. The van der Waals surface area contributed by atoms with Crippen molar-refractivity contribution < 1.29 is 9.53 Å². The van der Waals surface area contributed by atoms with Gasteiger partial charge in [0.15, 0.2) is 0 Å². The lowest BCUT2D eigenvalue weighted by Gasteiger charge is -2.44. The lowest BCUT2D eigenvalue weighted by molar-refractivity contribution is 0.115. The fourth-order valence-electron chi connectivity index (χ4n) is 5.41. The van der Waals surface area contributed by atoms with Crippen LogP contribution in [0.5, 0.6) is 0 Å². The summed E-state index contributed by atoms with van der Waals surface area (Å²) >= 11 is 0. The number of rotatable bonds is 3. The van der Waals surface area contributed by atoms with Crippen LogP contribution in [0.4, 0.5) is 4.79 Å².